The third kappa shape index (κ3) is 3.50. The quantitative estimate of drug-likeness (QED) is 0.655. The molecule has 0 saturated carbocycles. The van der Waals surface area contributed by atoms with Gasteiger partial charge in [0.15, 0.2) is 5.76 Å². The number of nitrogens with zero attached hydrogens (tertiary/aromatic N) is 2. The molecule has 4 nitrogen and oxygen atoms in total. The second-order valence-corrected chi connectivity index (χ2v) is 7.05. The SMILES string of the molecule is CC1CCCN(C(=O)c2ccccc2-c2ncc(-c3ccccc3F)o2)C1. The molecular formula is C22H21FN2O2. The van der Waals surface area contributed by atoms with Crippen molar-refractivity contribution in [1.29, 1.82) is 0 Å². The maximum Gasteiger partial charge on any atom is 0.254 e. The molecule has 1 saturated heterocycles. The van der Waals surface area contributed by atoms with Crippen LogP contribution in [0.15, 0.2) is 59.1 Å². The average Bonchev–Trinajstić information content (AvgIpc) is 3.17. The average molecular weight is 364 g/mol. The lowest BCUT2D eigenvalue weighted by Crippen LogP contribution is -2.39. The topological polar surface area (TPSA) is 46.3 Å². The molecule has 0 N–H and O–H groups in total. The van der Waals surface area contributed by atoms with Crippen LogP contribution in [0, 0.1) is 11.7 Å². The molecule has 5 heteroatoms. The molecule has 0 bridgehead atoms. The first-order chi connectivity index (χ1) is 13.1. The van der Waals surface area contributed by atoms with Crippen LogP contribution in [0.25, 0.3) is 22.8 Å². The number of rotatable bonds is 3. The highest BCUT2D eigenvalue weighted by Crippen LogP contribution is 2.30. The fourth-order valence-electron chi connectivity index (χ4n) is 3.58. The predicted octanol–water partition coefficient (Wildman–Crippen LogP) is 5.02. The van der Waals surface area contributed by atoms with Gasteiger partial charge in [0.1, 0.15) is 5.82 Å². The predicted molar refractivity (Wildman–Crippen MR) is 102 cm³/mol. The number of hydrogen-bond donors (Lipinski definition) is 0. The highest BCUT2D eigenvalue weighted by molar-refractivity contribution is 6.00. The van der Waals surface area contributed by atoms with Crippen LogP contribution in [0.1, 0.15) is 30.1 Å². The number of aromatic nitrogens is 1. The van der Waals surface area contributed by atoms with Crippen molar-refractivity contribution in [1.82, 2.24) is 9.88 Å². The number of benzene rings is 2. The van der Waals surface area contributed by atoms with Crippen LogP contribution in [-0.2, 0) is 0 Å². The molecule has 2 aromatic carbocycles. The Kier molecular flexibility index (Phi) is 4.75. The Labute approximate surface area is 157 Å². The van der Waals surface area contributed by atoms with Gasteiger partial charge in [-0.1, -0.05) is 31.2 Å². The second kappa shape index (κ2) is 7.35. The largest absolute Gasteiger partial charge is 0.436 e. The lowest BCUT2D eigenvalue weighted by molar-refractivity contribution is 0.0683. The van der Waals surface area contributed by atoms with E-state index in [-0.39, 0.29) is 11.7 Å². The molecule has 1 fully saturated rings. The van der Waals surface area contributed by atoms with Gasteiger partial charge in [-0.25, -0.2) is 9.37 Å². The van der Waals surface area contributed by atoms with E-state index in [4.69, 9.17) is 4.42 Å². The molecule has 1 aromatic heterocycles. The van der Waals surface area contributed by atoms with Gasteiger partial charge in [0.2, 0.25) is 5.89 Å². The van der Waals surface area contributed by atoms with Gasteiger partial charge in [-0.15, -0.1) is 0 Å². The van der Waals surface area contributed by atoms with E-state index in [9.17, 15) is 9.18 Å². The maximum atomic E-state index is 14.0. The molecule has 1 atom stereocenters. The first-order valence-electron chi connectivity index (χ1n) is 9.23. The van der Waals surface area contributed by atoms with E-state index in [2.05, 4.69) is 11.9 Å². The molecule has 0 aliphatic carbocycles. The molecule has 4 rings (SSSR count). The highest BCUT2D eigenvalue weighted by atomic mass is 19.1. The molecule has 2 heterocycles. The number of likely N-dealkylation sites (tertiary alicyclic amines) is 1. The highest BCUT2D eigenvalue weighted by Gasteiger charge is 2.25. The summed E-state index contributed by atoms with van der Waals surface area (Å²) in [6, 6.07) is 13.7. The van der Waals surface area contributed by atoms with Gasteiger partial charge < -0.3 is 9.32 Å². The zero-order valence-electron chi connectivity index (χ0n) is 15.2. The van der Waals surface area contributed by atoms with Crippen molar-refractivity contribution < 1.29 is 13.6 Å². The summed E-state index contributed by atoms with van der Waals surface area (Å²) in [7, 11) is 0. The van der Waals surface area contributed by atoms with Crippen molar-refractivity contribution in [2.75, 3.05) is 13.1 Å². The second-order valence-electron chi connectivity index (χ2n) is 7.05. The first kappa shape index (κ1) is 17.5. The van der Waals surface area contributed by atoms with E-state index in [0.29, 0.717) is 34.3 Å². The van der Waals surface area contributed by atoms with Crippen LogP contribution in [-0.4, -0.2) is 28.9 Å². The molecular weight excluding hydrogens is 343 g/mol. The summed E-state index contributed by atoms with van der Waals surface area (Å²) in [5.74, 6) is 0.790. The fourth-order valence-corrected chi connectivity index (χ4v) is 3.58. The van der Waals surface area contributed by atoms with E-state index in [1.807, 2.05) is 23.1 Å². The summed E-state index contributed by atoms with van der Waals surface area (Å²) >= 11 is 0. The molecule has 1 aliphatic rings. The number of hydrogen-bond acceptors (Lipinski definition) is 3. The van der Waals surface area contributed by atoms with Gasteiger partial charge in [-0.3, -0.25) is 4.79 Å². The zero-order chi connectivity index (χ0) is 18.8. The minimum Gasteiger partial charge on any atom is -0.436 e. The maximum absolute atomic E-state index is 14.0. The van der Waals surface area contributed by atoms with Crippen molar-refractivity contribution in [3.8, 4) is 22.8 Å². The van der Waals surface area contributed by atoms with Gasteiger partial charge in [0.25, 0.3) is 5.91 Å². The summed E-state index contributed by atoms with van der Waals surface area (Å²) in [5, 5.41) is 0. The number of carbonyl (C=O) groups excluding carboxylic acids is 1. The summed E-state index contributed by atoms with van der Waals surface area (Å²) in [5.41, 5.74) is 1.54. The number of piperidine rings is 1. The van der Waals surface area contributed by atoms with Gasteiger partial charge in [-0.2, -0.15) is 0 Å². The van der Waals surface area contributed by atoms with Crippen LogP contribution >= 0.6 is 0 Å². The van der Waals surface area contributed by atoms with Crippen LogP contribution in [0.5, 0.6) is 0 Å². The zero-order valence-corrected chi connectivity index (χ0v) is 15.2. The number of halogens is 1. The van der Waals surface area contributed by atoms with E-state index >= 15 is 0 Å². The van der Waals surface area contributed by atoms with Gasteiger partial charge in [0, 0.05) is 18.7 Å². The summed E-state index contributed by atoms with van der Waals surface area (Å²) in [6.45, 7) is 3.70. The number of oxazole rings is 1. The van der Waals surface area contributed by atoms with Crippen molar-refractivity contribution in [3.05, 3.63) is 66.1 Å². The van der Waals surface area contributed by atoms with E-state index < -0.39 is 0 Å². The Bertz CT molecular complexity index is 966. The molecule has 1 unspecified atom stereocenters. The van der Waals surface area contributed by atoms with Gasteiger partial charge in [0.05, 0.1) is 17.3 Å². The van der Waals surface area contributed by atoms with Crippen molar-refractivity contribution >= 4 is 5.91 Å². The fraction of sp³-hybridized carbons (Fsp3) is 0.273. The Morgan fingerprint density at radius 2 is 1.89 bits per heavy atom. The Balaban J connectivity index is 1.68. The number of carbonyl (C=O) groups is 1. The summed E-state index contributed by atoms with van der Waals surface area (Å²) < 4.78 is 19.8. The molecule has 138 valence electrons. The smallest absolute Gasteiger partial charge is 0.254 e. The van der Waals surface area contributed by atoms with Gasteiger partial charge >= 0.3 is 0 Å². The lowest BCUT2D eigenvalue weighted by atomic mass is 9.98. The monoisotopic (exact) mass is 364 g/mol. The van der Waals surface area contributed by atoms with Crippen molar-refractivity contribution in [2.24, 2.45) is 5.92 Å². The van der Waals surface area contributed by atoms with Gasteiger partial charge in [-0.05, 0) is 43.0 Å². The number of amides is 1. The molecule has 0 radical (unpaired) electrons. The third-order valence-corrected chi connectivity index (χ3v) is 4.98. The van der Waals surface area contributed by atoms with Crippen LogP contribution in [0.3, 0.4) is 0 Å². The van der Waals surface area contributed by atoms with E-state index in [1.165, 1.54) is 12.3 Å². The first-order valence-corrected chi connectivity index (χ1v) is 9.23. The molecule has 1 amide bonds. The minimum atomic E-state index is -0.369. The third-order valence-electron chi connectivity index (χ3n) is 4.98. The van der Waals surface area contributed by atoms with Crippen molar-refractivity contribution in [2.45, 2.75) is 19.8 Å². The van der Waals surface area contributed by atoms with Crippen LogP contribution in [0.4, 0.5) is 4.39 Å². The summed E-state index contributed by atoms with van der Waals surface area (Å²) in [6.07, 6.45) is 3.67. The summed E-state index contributed by atoms with van der Waals surface area (Å²) in [4.78, 5) is 19.3. The standard InChI is InChI=1S/C22H21FN2O2/c1-15-7-6-12-25(14-15)22(26)17-9-3-2-8-16(17)21-24-13-20(27-21)18-10-4-5-11-19(18)23/h2-5,8-11,13,15H,6-7,12,14H2,1H3. The van der Waals surface area contributed by atoms with Crippen LogP contribution < -0.4 is 0 Å². The Morgan fingerprint density at radius 1 is 1.15 bits per heavy atom. The van der Waals surface area contributed by atoms with E-state index in [1.54, 1.807) is 24.3 Å². The molecule has 27 heavy (non-hydrogen) atoms. The molecule has 1 aliphatic heterocycles. The Morgan fingerprint density at radius 3 is 2.67 bits per heavy atom. The van der Waals surface area contributed by atoms with Crippen LogP contribution in [0.2, 0.25) is 0 Å². The minimum absolute atomic E-state index is 0.0113. The van der Waals surface area contributed by atoms with E-state index in [0.717, 1.165) is 25.9 Å². The molecule has 0 spiro atoms. The normalized spacial score (nSPS) is 17.1. The lowest BCUT2D eigenvalue weighted by Gasteiger charge is -2.31. The van der Waals surface area contributed by atoms with Crippen molar-refractivity contribution in [3.63, 3.8) is 0 Å². The molecule has 3 aromatic rings. The Hall–Kier alpha value is -2.95.